The minimum absolute atomic E-state index is 0.00895. The maximum absolute atomic E-state index is 13.5. The number of ether oxygens (including phenoxy) is 2. The van der Waals surface area contributed by atoms with Gasteiger partial charge >= 0.3 is 12.1 Å². The van der Waals surface area contributed by atoms with Crippen LogP contribution in [-0.4, -0.2) is 59.4 Å². The highest BCUT2D eigenvalue weighted by molar-refractivity contribution is 5.81. The van der Waals surface area contributed by atoms with Crippen LogP contribution in [0.3, 0.4) is 0 Å². The van der Waals surface area contributed by atoms with E-state index in [4.69, 9.17) is 14.6 Å². The molecule has 1 aliphatic carbocycles. The Hall–Kier alpha value is -1.44. The maximum Gasteiger partial charge on any atom is 0.410 e. The second kappa shape index (κ2) is 4.79. The van der Waals surface area contributed by atoms with E-state index in [2.05, 4.69) is 0 Å². The zero-order valence-corrected chi connectivity index (χ0v) is 12.2. The average molecular weight is 307 g/mol. The van der Waals surface area contributed by atoms with Crippen LogP contribution < -0.4 is 0 Å². The summed E-state index contributed by atoms with van der Waals surface area (Å²) in [5.74, 6) is -4.90. The summed E-state index contributed by atoms with van der Waals surface area (Å²) >= 11 is 0. The first kappa shape index (κ1) is 15.9. The highest BCUT2D eigenvalue weighted by atomic mass is 19.3. The zero-order chi connectivity index (χ0) is 16.1. The topological polar surface area (TPSA) is 76.1 Å². The molecule has 0 aromatic heterocycles. The standard InChI is InChI=1S/C13H19F2NO5/c1-11(2,3)21-10(19)16-4-5-20-8(6-16)12(9(17)18)7-13(12,14)15/h8H,4-7H2,1-3H3,(H,17,18). The van der Waals surface area contributed by atoms with Crippen LogP contribution in [0.4, 0.5) is 13.6 Å². The lowest BCUT2D eigenvalue weighted by Crippen LogP contribution is -2.53. The quantitative estimate of drug-likeness (QED) is 0.841. The molecular formula is C13H19F2NO5. The lowest BCUT2D eigenvalue weighted by atomic mass is 9.97. The monoisotopic (exact) mass is 307 g/mol. The summed E-state index contributed by atoms with van der Waals surface area (Å²) in [6.07, 6.45) is -2.64. The first-order valence-corrected chi connectivity index (χ1v) is 6.70. The summed E-state index contributed by atoms with van der Waals surface area (Å²) in [4.78, 5) is 24.4. The van der Waals surface area contributed by atoms with Gasteiger partial charge in [0.1, 0.15) is 5.60 Å². The van der Waals surface area contributed by atoms with Crippen LogP contribution in [0.5, 0.6) is 0 Å². The molecule has 1 N–H and O–H groups in total. The number of rotatable bonds is 2. The van der Waals surface area contributed by atoms with Gasteiger partial charge in [-0.05, 0) is 20.8 Å². The highest BCUT2D eigenvalue weighted by Gasteiger charge is 2.80. The molecule has 0 radical (unpaired) electrons. The van der Waals surface area contributed by atoms with Crippen molar-refractivity contribution in [1.82, 2.24) is 4.90 Å². The second-order valence-corrected chi connectivity index (χ2v) is 6.44. The number of morpholine rings is 1. The number of nitrogens with zero attached hydrogens (tertiary/aromatic N) is 1. The lowest BCUT2D eigenvalue weighted by molar-refractivity contribution is -0.163. The number of carboxylic acid groups (broad SMARTS) is 1. The maximum atomic E-state index is 13.5. The van der Waals surface area contributed by atoms with Gasteiger partial charge in [0.25, 0.3) is 5.92 Å². The van der Waals surface area contributed by atoms with Gasteiger partial charge in [-0.2, -0.15) is 0 Å². The predicted molar refractivity (Wildman–Crippen MR) is 67.2 cm³/mol. The SMILES string of the molecule is CC(C)(C)OC(=O)N1CCOC(C2(C(=O)O)CC2(F)F)C1. The number of hydrogen-bond donors (Lipinski definition) is 1. The van der Waals surface area contributed by atoms with Crippen molar-refractivity contribution in [2.75, 3.05) is 19.7 Å². The largest absolute Gasteiger partial charge is 0.481 e. The number of alkyl halides is 2. The van der Waals surface area contributed by atoms with Crippen molar-refractivity contribution in [3.05, 3.63) is 0 Å². The van der Waals surface area contributed by atoms with E-state index in [0.717, 1.165) is 0 Å². The Morgan fingerprint density at radius 1 is 1.38 bits per heavy atom. The molecule has 6 nitrogen and oxygen atoms in total. The third-order valence-corrected chi connectivity index (χ3v) is 3.68. The van der Waals surface area contributed by atoms with E-state index in [1.807, 2.05) is 0 Å². The summed E-state index contributed by atoms with van der Waals surface area (Å²) in [6.45, 7) is 5.06. The normalized spacial score (nSPS) is 31.7. The van der Waals surface area contributed by atoms with Crippen molar-refractivity contribution in [2.24, 2.45) is 5.41 Å². The van der Waals surface area contributed by atoms with Gasteiger partial charge in [-0.25, -0.2) is 13.6 Å². The molecule has 2 fully saturated rings. The molecule has 120 valence electrons. The predicted octanol–water partition coefficient (Wildman–Crippen LogP) is 1.73. The van der Waals surface area contributed by atoms with Crippen molar-refractivity contribution in [3.63, 3.8) is 0 Å². The van der Waals surface area contributed by atoms with Crippen molar-refractivity contribution in [3.8, 4) is 0 Å². The fourth-order valence-electron chi connectivity index (χ4n) is 2.46. The molecule has 8 heteroatoms. The Labute approximate surface area is 121 Å². The van der Waals surface area contributed by atoms with Crippen LogP contribution in [-0.2, 0) is 14.3 Å². The molecule has 2 rings (SSSR count). The first-order valence-electron chi connectivity index (χ1n) is 6.70. The number of carbonyl (C=O) groups is 2. The number of halogens is 2. The minimum atomic E-state index is -3.31. The Balaban J connectivity index is 2.08. The fourth-order valence-corrected chi connectivity index (χ4v) is 2.46. The molecule has 21 heavy (non-hydrogen) atoms. The van der Waals surface area contributed by atoms with E-state index in [9.17, 15) is 18.4 Å². The van der Waals surface area contributed by atoms with Crippen LogP contribution >= 0.6 is 0 Å². The second-order valence-electron chi connectivity index (χ2n) is 6.44. The number of carbonyl (C=O) groups excluding carboxylic acids is 1. The van der Waals surface area contributed by atoms with Gasteiger partial charge in [0.15, 0.2) is 5.41 Å². The molecule has 1 amide bonds. The van der Waals surface area contributed by atoms with Gasteiger partial charge in [0.2, 0.25) is 0 Å². The average Bonchev–Trinajstić information content (AvgIpc) is 2.92. The third-order valence-electron chi connectivity index (χ3n) is 3.68. The third kappa shape index (κ3) is 2.81. The van der Waals surface area contributed by atoms with Gasteiger partial charge in [0, 0.05) is 13.0 Å². The first-order chi connectivity index (χ1) is 9.49. The van der Waals surface area contributed by atoms with E-state index in [1.165, 1.54) is 4.90 Å². The minimum Gasteiger partial charge on any atom is -0.481 e. The molecular weight excluding hydrogens is 288 g/mol. The van der Waals surface area contributed by atoms with E-state index in [0.29, 0.717) is 0 Å². The number of amides is 1. The van der Waals surface area contributed by atoms with E-state index in [-0.39, 0.29) is 19.7 Å². The Morgan fingerprint density at radius 2 is 1.95 bits per heavy atom. The van der Waals surface area contributed by atoms with Crippen molar-refractivity contribution < 1.29 is 33.0 Å². The molecule has 0 spiro atoms. The van der Waals surface area contributed by atoms with Crippen LogP contribution in [0.15, 0.2) is 0 Å². The smallest absolute Gasteiger partial charge is 0.410 e. The summed E-state index contributed by atoms with van der Waals surface area (Å²) in [6, 6.07) is 0. The Morgan fingerprint density at radius 3 is 2.38 bits per heavy atom. The highest BCUT2D eigenvalue weighted by Crippen LogP contribution is 2.63. The molecule has 1 saturated carbocycles. The molecule has 0 aromatic rings. The van der Waals surface area contributed by atoms with E-state index >= 15 is 0 Å². The molecule has 1 heterocycles. The van der Waals surface area contributed by atoms with E-state index < -0.39 is 41.5 Å². The van der Waals surface area contributed by atoms with E-state index in [1.54, 1.807) is 20.8 Å². The molecule has 1 aliphatic heterocycles. The van der Waals surface area contributed by atoms with Crippen LogP contribution in [0.2, 0.25) is 0 Å². The fraction of sp³-hybridized carbons (Fsp3) is 0.846. The summed E-state index contributed by atoms with van der Waals surface area (Å²) in [5.41, 5.74) is -2.94. The summed E-state index contributed by atoms with van der Waals surface area (Å²) < 4.78 is 37.4. The molecule has 0 bridgehead atoms. The van der Waals surface area contributed by atoms with Crippen molar-refractivity contribution in [1.29, 1.82) is 0 Å². The van der Waals surface area contributed by atoms with Crippen molar-refractivity contribution >= 4 is 12.1 Å². The van der Waals surface area contributed by atoms with Crippen LogP contribution in [0.25, 0.3) is 0 Å². The molecule has 1 saturated heterocycles. The van der Waals surface area contributed by atoms with Gasteiger partial charge in [-0.3, -0.25) is 4.79 Å². The Bertz CT molecular complexity index is 462. The lowest BCUT2D eigenvalue weighted by Gasteiger charge is -2.36. The van der Waals surface area contributed by atoms with Gasteiger partial charge in [-0.1, -0.05) is 0 Å². The molecule has 2 unspecified atom stereocenters. The Kier molecular flexibility index (Phi) is 3.64. The molecule has 2 atom stereocenters. The van der Waals surface area contributed by atoms with Gasteiger partial charge < -0.3 is 19.5 Å². The molecule has 2 aliphatic rings. The summed E-state index contributed by atoms with van der Waals surface area (Å²) in [7, 11) is 0. The van der Waals surface area contributed by atoms with Gasteiger partial charge in [-0.15, -0.1) is 0 Å². The van der Waals surface area contributed by atoms with Crippen molar-refractivity contribution in [2.45, 2.75) is 44.8 Å². The van der Waals surface area contributed by atoms with Gasteiger partial charge in [0.05, 0.1) is 19.3 Å². The number of carboxylic acids is 1. The zero-order valence-electron chi connectivity index (χ0n) is 12.2. The molecule has 0 aromatic carbocycles. The number of hydrogen-bond acceptors (Lipinski definition) is 4. The number of aliphatic carboxylic acids is 1. The van der Waals surface area contributed by atoms with Crippen LogP contribution in [0.1, 0.15) is 27.2 Å². The van der Waals surface area contributed by atoms with Crippen LogP contribution in [0, 0.1) is 5.41 Å². The summed E-state index contributed by atoms with van der Waals surface area (Å²) in [5, 5.41) is 9.11.